The Labute approximate surface area is 226 Å². The average molecular weight is 536 g/mol. The number of thiazole rings is 1. The van der Waals surface area contributed by atoms with Crippen molar-refractivity contribution in [1.82, 2.24) is 15.2 Å². The topological polar surface area (TPSA) is 101 Å². The summed E-state index contributed by atoms with van der Waals surface area (Å²) in [5.74, 6) is -0.364. The maximum absolute atomic E-state index is 13.2. The molecular formula is C29H33N3O5S. The number of carbonyl (C=O) groups excluding carboxylic acids is 1. The Balaban J connectivity index is 1.12. The van der Waals surface area contributed by atoms with Gasteiger partial charge in [0.25, 0.3) is 0 Å². The van der Waals surface area contributed by atoms with Crippen LogP contribution in [0.4, 0.5) is 0 Å². The van der Waals surface area contributed by atoms with Crippen LogP contribution in [0.5, 0.6) is 5.75 Å². The number of morpholine rings is 1. The van der Waals surface area contributed by atoms with Crippen molar-refractivity contribution in [3.05, 3.63) is 70.0 Å². The minimum absolute atomic E-state index is 0.196. The van der Waals surface area contributed by atoms with E-state index >= 15 is 0 Å². The first kappa shape index (κ1) is 26.3. The smallest absolute Gasteiger partial charge is 0.304 e. The van der Waals surface area contributed by atoms with Gasteiger partial charge in [0.05, 0.1) is 43.9 Å². The van der Waals surface area contributed by atoms with Crippen LogP contribution in [0.3, 0.4) is 0 Å². The molecular weight excluding hydrogens is 502 g/mol. The molecule has 1 aliphatic heterocycles. The molecule has 3 aromatic rings. The lowest BCUT2D eigenvalue weighted by molar-refractivity contribution is -0.145. The van der Waals surface area contributed by atoms with Crippen LogP contribution in [0.15, 0.2) is 53.9 Å². The number of carbonyl (C=O) groups is 2. The van der Waals surface area contributed by atoms with Crippen molar-refractivity contribution in [3.8, 4) is 17.0 Å². The van der Waals surface area contributed by atoms with Crippen LogP contribution >= 0.6 is 11.3 Å². The molecule has 5 rings (SSSR count). The zero-order valence-electron chi connectivity index (χ0n) is 21.4. The van der Waals surface area contributed by atoms with Crippen LogP contribution in [0, 0.1) is 5.41 Å². The first-order chi connectivity index (χ1) is 18.5. The predicted octanol–water partition coefficient (Wildman–Crippen LogP) is 3.79. The van der Waals surface area contributed by atoms with Gasteiger partial charge in [0.2, 0.25) is 5.91 Å². The molecule has 0 saturated carbocycles. The quantitative estimate of drug-likeness (QED) is 0.360. The van der Waals surface area contributed by atoms with Gasteiger partial charge >= 0.3 is 5.97 Å². The molecule has 1 aliphatic carbocycles. The molecule has 1 fully saturated rings. The van der Waals surface area contributed by atoms with E-state index in [1.54, 1.807) is 0 Å². The molecule has 0 spiro atoms. The van der Waals surface area contributed by atoms with Gasteiger partial charge in [-0.05, 0) is 54.7 Å². The van der Waals surface area contributed by atoms with Crippen molar-refractivity contribution in [3.63, 3.8) is 0 Å². The van der Waals surface area contributed by atoms with Crippen LogP contribution in [0.2, 0.25) is 0 Å². The van der Waals surface area contributed by atoms with Gasteiger partial charge in [-0.1, -0.05) is 24.3 Å². The maximum Gasteiger partial charge on any atom is 0.304 e. The molecule has 2 aliphatic rings. The molecule has 2 aromatic carbocycles. The first-order valence-corrected chi connectivity index (χ1v) is 13.9. The number of nitrogens with zero attached hydrogens (tertiary/aromatic N) is 2. The normalized spacial score (nSPS) is 16.6. The third kappa shape index (κ3) is 6.40. The van der Waals surface area contributed by atoms with Crippen molar-refractivity contribution in [2.45, 2.75) is 32.2 Å². The van der Waals surface area contributed by atoms with E-state index in [0.717, 1.165) is 72.4 Å². The standard InChI is InChI=1S/C29H33N3O5S/c33-27(34)18-29(16-22-4-1-2-5-23(22)17-29)28(35)30-19-26-31-25(20-38-26)21-6-8-24(9-7-21)37-13-3-10-32-11-14-36-15-12-32/h1-2,4-9,20H,3,10-19H2,(H,30,35)(H,33,34). The number of fused-ring (bicyclic) bond motifs is 1. The van der Waals surface area contributed by atoms with Crippen molar-refractivity contribution in [2.75, 3.05) is 39.5 Å². The minimum atomic E-state index is -0.965. The van der Waals surface area contributed by atoms with E-state index in [-0.39, 0.29) is 18.9 Å². The fourth-order valence-corrected chi connectivity index (χ4v) is 5.99. The van der Waals surface area contributed by atoms with Gasteiger partial charge in [-0.15, -0.1) is 11.3 Å². The Morgan fingerprint density at radius 3 is 2.47 bits per heavy atom. The third-order valence-corrected chi connectivity index (χ3v) is 8.09. The second-order valence-electron chi connectivity index (χ2n) is 9.96. The Kier molecular flexibility index (Phi) is 8.36. The first-order valence-electron chi connectivity index (χ1n) is 13.1. The highest BCUT2D eigenvalue weighted by molar-refractivity contribution is 7.09. The maximum atomic E-state index is 13.2. The van der Waals surface area contributed by atoms with Gasteiger partial charge in [0.15, 0.2) is 0 Å². The fraction of sp³-hybridized carbons (Fsp3) is 0.414. The van der Waals surface area contributed by atoms with Crippen LogP contribution < -0.4 is 10.1 Å². The zero-order chi connectivity index (χ0) is 26.4. The molecule has 0 unspecified atom stereocenters. The van der Waals surface area contributed by atoms with Crippen molar-refractivity contribution < 1.29 is 24.2 Å². The number of benzene rings is 2. The molecule has 9 heteroatoms. The molecule has 0 radical (unpaired) electrons. The fourth-order valence-electron chi connectivity index (χ4n) is 5.24. The number of carboxylic acid groups (broad SMARTS) is 1. The van der Waals surface area contributed by atoms with Crippen molar-refractivity contribution in [1.29, 1.82) is 0 Å². The number of rotatable bonds is 11. The summed E-state index contributed by atoms with van der Waals surface area (Å²) in [6.07, 6.45) is 1.65. The SMILES string of the molecule is O=C(O)CC1(C(=O)NCc2nc(-c3ccc(OCCCN4CCOCC4)cc3)cs2)Cc2ccccc2C1. The summed E-state index contributed by atoms with van der Waals surface area (Å²) in [4.78, 5) is 31.9. The summed E-state index contributed by atoms with van der Waals surface area (Å²) < 4.78 is 11.3. The lowest BCUT2D eigenvalue weighted by Crippen LogP contribution is -2.43. The molecule has 200 valence electrons. The molecule has 2 heterocycles. The molecule has 38 heavy (non-hydrogen) atoms. The molecule has 0 atom stereocenters. The summed E-state index contributed by atoms with van der Waals surface area (Å²) in [7, 11) is 0. The van der Waals surface area contributed by atoms with Gasteiger partial charge in [-0.2, -0.15) is 0 Å². The van der Waals surface area contributed by atoms with Crippen LogP contribution in [-0.4, -0.2) is 66.3 Å². The molecule has 1 amide bonds. The highest BCUT2D eigenvalue weighted by Gasteiger charge is 2.45. The number of aromatic nitrogens is 1. The molecule has 1 aromatic heterocycles. The average Bonchev–Trinajstić information content (AvgIpc) is 3.55. The highest BCUT2D eigenvalue weighted by Crippen LogP contribution is 2.40. The predicted molar refractivity (Wildman–Crippen MR) is 145 cm³/mol. The van der Waals surface area contributed by atoms with Crippen LogP contribution in [-0.2, 0) is 33.7 Å². The van der Waals surface area contributed by atoms with Gasteiger partial charge in [0, 0.05) is 30.6 Å². The number of hydrogen-bond acceptors (Lipinski definition) is 7. The summed E-state index contributed by atoms with van der Waals surface area (Å²) in [5, 5.41) is 15.2. The number of aliphatic carboxylic acids is 1. The van der Waals surface area contributed by atoms with Crippen molar-refractivity contribution in [2.24, 2.45) is 5.41 Å². The molecule has 1 saturated heterocycles. The van der Waals surface area contributed by atoms with Gasteiger partial charge < -0.3 is 19.9 Å². The van der Waals surface area contributed by atoms with Gasteiger partial charge in [-0.3, -0.25) is 14.5 Å². The largest absolute Gasteiger partial charge is 0.494 e. The number of amides is 1. The van der Waals surface area contributed by atoms with E-state index in [9.17, 15) is 14.7 Å². The Morgan fingerprint density at radius 2 is 1.79 bits per heavy atom. The summed E-state index contributed by atoms with van der Waals surface area (Å²) in [5.41, 5.74) is 2.95. The third-order valence-electron chi connectivity index (χ3n) is 7.24. The molecule has 8 nitrogen and oxygen atoms in total. The number of carboxylic acids is 1. The second kappa shape index (κ2) is 12.1. The van der Waals surface area contributed by atoms with E-state index in [4.69, 9.17) is 14.5 Å². The van der Waals surface area contributed by atoms with E-state index in [1.165, 1.54) is 11.3 Å². The Morgan fingerprint density at radius 1 is 1.08 bits per heavy atom. The highest BCUT2D eigenvalue weighted by atomic mass is 32.1. The van der Waals surface area contributed by atoms with E-state index in [2.05, 4.69) is 10.2 Å². The number of ether oxygens (including phenoxy) is 2. The molecule has 0 bridgehead atoms. The summed E-state index contributed by atoms with van der Waals surface area (Å²) in [6.45, 7) is 5.57. The lowest BCUT2D eigenvalue weighted by Gasteiger charge is -2.26. The van der Waals surface area contributed by atoms with Gasteiger partial charge in [0.1, 0.15) is 10.8 Å². The zero-order valence-corrected chi connectivity index (χ0v) is 22.2. The summed E-state index contributed by atoms with van der Waals surface area (Å²) in [6, 6.07) is 15.7. The van der Waals surface area contributed by atoms with Crippen LogP contribution in [0.1, 0.15) is 29.0 Å². The van der Waals surface area contributed by atoms with E-state index in [0.29, 0.717) is 19.4 Å². The summed E-state index contributed by atoms with van der Waals surface area (Å²) >= 11 is 1.48. The number of nitrogens with one attached hydrogen (secondary N) is 1. The Bertz CT molecular complexity index is 1230. The minimum Gasteiger partial charge on any atom is -0.494 e. The van der Waals surface area contributed by atoms with Crippen LogP contribution in [0.25, 0.3) is 11.3 Å². The monoisotopic (exact) mass is 535 g/mol. The van der Waals surface area contributed by atoms with Crippen molar-refractivity contribution >= 4 is 23.2 Å². The van der Waals surface area contributed by atoms with E-state index in [1.807, 2.05) is 53.9 Å². The number of hydrogen-bond donors (Lipinski definition) is 2. The lowest BCUT2D eigenvalue weighted by atomic mass is 9.80. The second-order valence-corrected chi connectivity index (χ2v) is 10.9. The van der Waals surface area contributed by atoms with Gasteiger partial charge in [-0.25, -0.2) is 4.98 Å². The Hall–Kier alpha value is -3.27. The van der Waals surface area contributed by atoms with E-state index < -0.39 is 11.4 Å². The molecule has 2 N–H and O–H groups in total.